The molecule has 0 spiro atoms. The predicted octanol–water partition coefficient (Wildman–Crippen LogP) is 3.16. The van der Waals surface area contributed by atoms with Crippen molar-refractivity contribution < 1.29 is 9.66 Å². The van der Waals surface area contributed by atoms with Gasteiger partial charge in [-0.1, -0.05) is 0 Å². The molecule has 1 atom stereocenters. The van der Waals surface area contributed by atoms with E-state index < -0.39 is 4.92 Å². The first-order valence-corrected chi connectivity index (χ1v) is 7.56. The molecule has 0 aromatic carbocycles. The van der Waals surface area contributed by atoms with Crippen molar-refractivity contribution in [2.45, 2.75) is 51.7 Å². The Morgan fingerprint density at radius 2 is 2.29 bits per heavy atom. The number of rotatable bonds is 6. The number of hydrogen-bond donors (Lipinski definition) is 0. The van der Waals surface area contributed by atoms with Crippen LogP contribution in [0.25, 0.3) is 0 Å². The lowest BCUT2D eigenvalue weighted by molar-refractivity contribution is -0.385. The summed E-state index contributed by atoms with van der Waals surface area (Å²) in [5.74, 6) is 0.829. The van der Waals surface area contributed by atoms with E-state index in [1.54, 1.807) is 6.07 Å². The SMILES string of the molecule is CC(C)OCC[C@@H]1CCCCN1c1ccc([N+](=O)[O-])cn1. The molecule has 0 radical (unpaired) electrons. The second kappa shape index (κ2) is 7.36. The van der Waals surface area contributed by atoms with E-state index in [0.717, 1.165) is 38.2 Å². The number of anilines is 1. The molecule has 2 heterocycles. The van der Waals surface area contributed by atoms with Gasteiger partial charge >= 0.3 is 0 Å². The van der Waals surface area contributed by atoms with E-state index in [1.807, 2.05) is 13.8 Å². The molecule has 0 unspecified atom stereocenters. The van der Waals surface area contributed by atoms with Crippen LogP contribution in [0.15, 0.2) is 18.3 Å². The first-order chi connectivity index (χ1) is 10.1. The highest BCUT2D eigenvalue weighted by molar-refractivity contribution is 5.44. The first-order valence-electron chi connectivity index (χ1n) is 7.56. The van der Waals surface area contributed by atoms with Crippen molar-refractivity contribution >= 4 is 11.5 Å². The summed E-state index contributed by atoms with van der Waals surface area (Å²) in [5.41, 5.74) is 0.0375. The molecule has 1 saturated heterocycles. The Morgan fingerprint density at radius 1 is 1.48 bits per heavy atom. The van der Waals surface area contributed by atoms with Gasteiger partial charge in [0.05, 0.1) is 11.0 Å². The summed E-state index contributed by atoms with van der Waals surface area (Å²) in [6, 6.07) is 3.68. The van der Waals surface area contributed by atoms with Gasteiger partial charge in [-0.2, -0.15) is 0 Å². The third-order valence-corrected chi connectivity index (χ3v) is 3.77. The van der Waals surface area contributed by atoms with Crippen molar-refractivity contribution in [1.82, 2.24) is 4.98 Å². The van der Waals surface area contributed by atoms with Gasteiger partial charge in [-0.3, -0.25) is 10.1 Å². The first kappa shape index (κ1) is 15.7. The summed E-state index contributed by atoms with van der Waals surface area (Å²) in [7, 11) is 0. The van der Waals surface area contributed by atoms with Gasteiger partial charge in [-0.15, -0.1) is 0 Å². The molecule has 2 rings (SSSR count). The largest absolute Gasteiger partial charge is 0.379 e. The van der Waals surface area contributed by atoms with Crippen molar-refractivity contribution in [3.63, 3.8) is 0 Å². The summed E-state index contributed by atoms with van der Waals surface area (Å²) < 4.78 is 5.64. The van der Waals surface area contributed by atoms with Crippen LogP contribution in [0.3, 0.4) is 0 Å². The lowest BCUT2D eigenvalue weighted by atomic mass is 9.99. The molecule has 1 aliphatic rings. The van der Waals surface area contributed by atoms with Crippen LogP contribution in [-0.4, -0.2) is 35.2 Å². The normalized spacial score (nSPS) is 19.0. The highest BCUT2D eigenvalue weighted by atomic mass is 16.6. The molecule has 1 aromatic heterocycles. The van der Waals surface area contributed by atoms with E-state index in [-0.39, 0.29) is 11.8 Å². The van der Waals surface area contributed by atoms with Crippen LogP contribution in [0.4, 0.5) is 11.5 Å². The molecular weight excluding hydrogens is 270 g/mol. The molecule has 0 bridgehead atoms. The lowest BCUT2D eigenvalue weighted by Crippen LogP contribution is -2.40. The molecule has 0 aliphatic carbocycles. The minimum absolute atomic E-state index is 0.0375. The van der Waals surface area contributed by atoms with Crippen LogP contribution in [0, 0.1) is 10.1 Å². The second-order valence-electron chi connectivity index (χ2n) is 5.68. The van der Waals surface area contributed by atoms with Gasteiger partial charge in [0.15, 0.2) is 0 Å². The van der Waals surface area contributed by atoms with Gasteiger partial charge in [-0.05, 0) is 45.6 Å². The van der Waals surface area contributed by atoms with Crippen LogP contribution in [0.1, 0.15) is 39.5 Å². The molecule has 116 valence electrons. The number of nitro groups is 1. The number of hydrogen-bond acceptors (Lipinski definition) is 5. The van der Waals surface area contributed by atoms with Crippen LogP contribution >= 0.6 is 0 Å². The number of piperidine rings is 1. The van der Waals surface area contributed by atoms with Crippen LogP contribution in [0.2, 0.25) is 0 Å². The van der Waals surface area contributed by atoms with Gasteiger partial charge < -0.3 is 9.64 Å². The van der Waals surface area contributed by atoms with Gasteiger partial charge in [0, 0.05) is 25.3 Å². The summed E-state index contributed by atoms with van der Waals surface area (Å²) in [6.07, 6.45) is 6.04. The van der Waals surface area contributed by atoms with Crippen LogP contribution in [0.5, 0.6) is 0 Å². The Hall–Kier alpha value is -1.69. The Bertz CT molecular complexity index is 462. The summed E-state index contributed by atoms with van der Waals surface area (Å²) in [4.78, 5) is 16.8. The fourth-order valence-electron chi connectivity index (χ4n) is 2.70. The average Bonchev–Trinajstić information content (AvgIpc) is 2.47. The molecule has 6 nitrogen and oxygen atoms in total. The minimum atomic E-state index is -0.416. The molecule has 1 fully saturated rings. The Morgan fingerprint density at radius 3 is 2.90 bits per heavy atom. The van der Waals surface area contributed by atoms with Crippen molar-refractivity contribution in [3.05, 3.63) is 28.4 Å². The smallest absolute Gasteiger partial charge is 0.287 e. The van der Waals surface area contributed by atoms with E-state index in [4.69, 9.17) is 4.74 Å². The highest BCUT2D eigenvalue weighted by Gasteiger charge is 2.23. The van der Waals surface area contributed by atoms with Crippen LogP contribution < -0.4 is 4.90 Å². The molecular formula is C15H23N3O3. The summed E-state index contributed by atoms with van der Waals surface area (Å²) in [6.45, 7) is 5.77. The van der Waals surface area contributed by atoms with E-state index >= 15 is 0 Å². The van der Waals surface area contributed by atoms with Gasteiger partial charge in [0.25, 0.3) is 5.69 Å². The molecule has 1 aromatic rings. The summed E-state index contributed by atoms with van der Waals surface area (Å²) >= 11 is 0. The van der Waals surface area contributed by atoms with E-state index in [0.29, 0.717) is 6.04 Å². The number of aromatic nitrogens is 1. The molecule has 21 heavy (non-hydrogen) atoms. The Balaban J connectivity index is 2.01. The molecule has 0 N–H and O–H groups in total. The zero-order valence-corrected chi connectivity index (χ0v) is 12.7. The van der Waals surface area contributed by atoms with Gasteiger partial charge in [0.1, 0.15) is 12.0 Å². The number of ether oxygens (including phenoxy) is 1. The predicted molar refractivity (Wildman–Crippen MR) is 81.6 cm³/mol. The quantitative estimate of drug-likeness (QED) is 0.595. The fourth-order valence-corrected chi connectivity index (χ4v) is 2.70. The molecule has 0 amide bonds. The standard InChI is InChI=1S/C15H23N3O3/c1-12(2)21-10-8-13-5-3-4-9-17(13)15-7-6-14(11-16-15)18(19)20/h6-7,11-13H,3-5,8-10H2,1-2H3/t13-/m0/s1. The van der Waals surface area contributed by atoms with E-state index in [2.05, 4.69) is 9.88 Å². The Kier molecular flexibility index (Phi) is 5.50. The van der Waals surface area contributed by atoms with Gasteiger partial charge in [0.2, 0.25) is 0 Å². The zero-order chi connectivity index (χ0) is 15.2. The zero-order valence-electron chi connectivity index (χ0n) is 12.7. The minimum Gasteiger partial charge on any atom is -0.379 e. The van der Waals surface area contributed by atoms with Crippen molar-refractivity contribution in [1.29, 1.82) is 0 Å². The maximum absolute atomic E-state index is 10.7. The monoisotopic (exact) mass is 293 g/mol. The lowest BCUT2D eigenvalue weighted by Gasteiger charge is -2.36. The third kappa shape index (κ3) is 4.39. The van der Waals surface area contributed by atoms with Crippen molar-refractivity contribution in [2.75, 3.05) is 18.1 Å². The number of pyridine rings is 1. The van der Waals surface area contributed by atoms with E-state index in [1.165, 1.54) is 18.7 Å². The Labute approximate surface area is 125 Å². The molecule has 0 saturated carbocycles. The second-order valence-corrected chi connectivity index (χ2v) is 5.68. The topological polar surface area (TPSA) is 68.5 Å². The maximum atomic E-state index is 10.7. The maximum Gasteiger partial charge on any atom is 0.287 e. The van der Waals surface area contributed by atoms with Crippen molar-refractivity contribution in [2.24, 2.45) is 0 Å². The third-order valence-electron chi connectivity index (χ3n) is 3.77. The van der Waals surface area contributed by atoms with E-state index in [9.17, 15) is 10.1 Å². The fraction of sp³-hybridized carbons (Fsp3) is 0.667. The van der Waals surface area contributed by atoms with Gasteiger partial charge in [-0.25, -0.2) is 4.98 Å². The summed E-state index contributed by atoms with van der Waals surface area (Å²) in [5, 5.41) is 10.7. The molecule has 6 heteroatoms. The van der Waals surface area contributed by atoms with Crippen molar-refractivity contribution in [3.8, 4) is 0 Å². The molecule has 1 aliphatic heterocycles. The average molecular weight is 293 g/mol. The number of nitrogens with zero attached hydrogens (tertiary/aromatic N) is 3. The van der Waals surface area contributed by atoms with Crippen LogP contribution in [-0.2, 0) is 4.74 Å². The highest BCUT2D eigenvalue weighted by Crippen LogP contribution is 2.26.